The molecule has 0 spiro atoms. The van der Waals surface area contributed by atoms with Crippen molar-refractivity contribution >= 4 is 25.8 Å². The number of hydrogen-bond acceptors (Lipinski definition) is 4. The normalized spacial score (nSPS) is 11.5. The molecule has 0 atom stereocenters. The van der Waals surface area contributed by atoms with Gasteiger partial charge in [0.1, 0.15) is 5.82 Å². The highest BCUT2D eigenvalue weighted by Crippen LogP contribution is 2.30. The first-order valence-electron chi connectivity index (χ1n) is 9.19. The minimum absolute atomic E-state index is 0.175. The standard InChI is InChI=1S/C23H16BrFN2O3S/c1-31(29,30)18-12-8-15(9-13-18)19-14-26-27(21-5-3-2-4-20(21)24)23(28)22(19)16-6-10-17(25)11-7-16/h2-14H,1H3. The molecule has 0 amide bonds. The predicted octanol–water partition coefficient (Wildman–Crippen LogP) is 4.87. The summed E-state index contributed by atoms with van der Waals surface area (Å²) in [6, 6.07) is 19.0. The number of aromatic nitrogens is 2. The van der Waals surface area contributed by atoms with Crippen LogP contribution < -0.4 is 5.56 Å². The van der Waals surface area contributed by atoms with Crippen molar-refractivity contribution in [1.82, 2.24) is 9.78 Å². The molecule has 0 saturated carbocycles. The first-order valence-corrected chi connectivity index (χ1v) is 11.9. The molecule has 0 unspecified atom stereocenters. The van der Waals surface area contributed by atoms with Gasteiger partial charge in [0.25, 0.3) is 5.56 Å². The molecular formula is C23H16BrFN2O3S. The molecule has 0 fully saturated rings. The molecule has 156 valence electrons. The number of para-hydroxylation sites is 1. The van der Waals surface area contributed by atoms with E-state index in [2.05, 4.69) is 21.0 Å². The lowest BCUT2D eigenvalue weighted by Crippen LogP contribution is -2.23. The van der Waals surface area contributed by atoms with Crippen LogP contribution in [-0.2, 0) is 9.84 Å². The van der Waals surface area contributed by atoms with Crippen LogP contribution in [0.15, 0.2) is 93.2 Å². The molecule has 0 N–H and O–H groups in total. The van der Waals surface area contributed by atoms with E-state index in [1.807, 2.05) is 6.07 Å². The third-order valence-electron chi connectivity index (χ3n) is 4.78. The fourth-order valence-corrected chi connectivity index (χ4v) is 4.33. The Balaban J connectivity index is 1.98. The molecule has 0 aliphatic carbocycles. The number of sulfone groups is 1. The highest BCUT2D eigenvalue weighted by Gasteiger charge is 2.18. The minimum Gasteiger partial charge on any atom is -0.267 e. The maximum absolute atomic E-state index is 13.5. The van der Waals surface area contributed by atoms with E-state index < -0.39 is 15.7 Å². The smallest absolute Gasteiger partial charge is 0.267 e. The lowest BCUT2D eigenvalue weighted by atomic mass is 9.97. The maximum Gasteiger partial charge on any atom is 0.280 e. The zero-order valence-electron chi connectivity index (χ0n) is 16.3. The second-order valence-electron chi connectivity index (χ2n) is 6.91. The molecule has 31 heavy (non-hydrogen) atoms. The van der Waals surface area contributed by atoms with Crippen LogP contribution in [0.5, 0.6) is 0 Å². The first-order chi connectivity index (χ1) is 14.8. The molecule has 5 nitrogen and oxygen atoms in total. The van der Waals surface area contributed by atoms with Crippen molar-refractivity contribution in [2.75, 3.05) is 6.26 Å². The third-order valence-corrected chi connectivity index (χ3v) is 6.58. The Hall–Kier alpha value is -3.10. The van der Waals surface area contributed by atoms with E-state index in [1.54, 1.807) is 36.5 Å². The Morgan fingerprint density at radius 1 is 0.903 bits per heavy atom. The molecule has 0 saturated heterocycles. The summed E-state index contributed by atoms with van der Waals surface area (Å²) in [5.74, 6) is -0.414. The summed E-state index contributed by atoms with van der Waals surface area (Å²) in [5, 5.41) is 4.34. The van der Waals surface area contributed by atoms with Gasteiger partial charge in [-0.25, -0.2) is 12.8 Å². The van der Waals surface area contributed by atoms with Crippen molar-refractivity contribution in [3.05, 3.63) is 99.6 Å². The predicted molar refractivity (Wildman–Crippen MR) is 121 cm³/mol. The van der Waals surface area contributed by atoms with Crippen molar-refractivity contribution in [1.29, 1.82) is 0 Å². The van der Waals surface area contributed by atoms with Crippen LogP contribution in [0.2, 0.25) is 0 Å². The number of hydrogen-bond donors (Lipinski definition) is 0. The van der Waals surface area contributed by atoms with E-state index in [1.165, 1.54) is 41.1 Å². The van der Waals surface area contributed by atoms with Gasteiger partial charge in [-0.2, -0.15) is 9.78 Å². The van der Waals surface area contributed by atoms with Gasteiger partial charge in [0, 0.05) is 16.3 Å². The van der Waals surface area contributed by atoms with Gasteiger partial charge in [0.15, 0.2) is 9.84 Å². The van der Waals surface area contributed by atoms with E-state index in [4.69, 9.17) is 0 Å². The summed E-state index contributed by atoms with van der Waals surface area (Å²) in [7, 11) is -3.35. The van der Waals surface area contributed by atoms with E-state index in [0.29, 0.717) is 32.4 Å². The van der Waals surface area contributed by atoms with Crippen molar-refractivity contribution in [2.24, 2.45) is 0 Å². The Morgan fingerprint density at radius 3 is 2.13 bits per heavy atom. The highest BCUT2D eigenvalue weighted by atomic mass is 79.9. The number of nitrogens with zero attached hydrogens (tertiary/aromatic N) is 2. The fraction of sp³-hybridized carbons (Fsp3) is 0.0435. The van der Waals surface area contributed by atoms with Gasteiger partial charge in [-0.3, -0.25) is 4.79 Å². The Morgan fingerprint density at radius 2 is 1.52 bits per heavy atom. The van der Waals surface area contributed by atoms with Gasteiger partial charge in [-0.05, 0) is 63.5 Å². The second kappa shape index (κ2) is 8.20. The average molecular weight is 499 g/mol. The maximum atomic E-state index is 13.5. The van der Waals surface area contributed by atoms with Gasteiger partial charge in [-0.1, -0.05) is 36.4 Å². The van der Waals surface area contributed by atoms with Gasteiger partial charge >= 0.3 is 0 Å². The van der Waals surface area contributed by atoms with Gasteiger partial charge in [-0.15, -0.1) is 0 Å². The van der Waals surface area contributed by atoms with Crippen LogP contribution in [0.4, 0.5) is 4.39 Å². The molecule has 1 heterocycles. The SMILES string of the molecule is CS(=O)(=O)c1ccc(-c2cnn(-c3ccccc3Br)c(=O)c2-c2ccc(F)cc2)cc1. The molecule has 1 aromatic heterocycles. The molecule has 8 heteroatoms. The van der Waals surface area contributed by atoms with Gasteiger partial charge in [0.05, 0.1) is 22.3 Å². The summed E-state index contributed by atoms with van der Waals surface area (Å²) in [5.41, 5.74) is 2.17. The molecule has 4 rings (SSSR count). The van der Waals surface area contributed by atoms with Crippen LogP contribution in [0.3, 0.4) is 0 Å². The third kappa shape index (κ3) is 4.22. The summed E-state index contributed by atoms with van der Waals surface area (Å²) >= 11 is 3.44. The fourth-order valence-electron chi connectivity index (χ4n) is 3.24. The summed E-state index contributed by atoms with van der Waals surface area (Å²) in [6.07, 6.45) is 2.68. The number of halogens is 2. The van der Waals surface area contributed by atoms with Gasteiger partial charge < -0.3 is 0 Å². The quantitative estimate of drug-likeness (QED) is 0.402. The van der Waals surface area contributed by atoms with Gasteiger partial charge in [0.2, 0.25) is 0 Å². The molecule has 0 aliphatic heterocycles. The largest absolute Gasteiger partial charge is 0.280 e. The highest BCUT2D eigenvalue weighted by molar-refractivity contribution is 9.10. The summed E-state index contributed by atoms with van der Waals surface area (Å²) < 4.78 is 39.1. The molecule has 0 bridgehead atoms. The van der Waals surface area contributed by atoms with Crippen molar-refractivity contribution in [3.8, 4) is 27.9 Å². The zero-order valence-corrected chi connectivity index (χ0v) is 18.7. The van der Waals surface area contributed by atoms with E-state index in [0.717, 1.165) is 6.26 Å². The van der Waals surface area contributed by atoms with Crippen molar-refractivity contribution in [3.63, 3.8) is 0 Å². The zero-order chi connectivity index (χ0) is 22.2. The average Bonchev–Trinajstić information content (AvgIpc) is 2.74. The van der Waals surface area contributed by atoms with Crippen LogP contribution >= 0.6 is 15.9 Å². The first kappa shape index (κ1) is 21.1. The topological polar surface area (TPSA) is 69.0 Å². The van der Waals surface area contributed by atoms with E-state index in [-0.39, 0.29) is 10.5 Å². The lowest BCUT2D eigenvalue weighted by Gasteiger charge is -2.14. The lowest BCUT2D eigenvalue weighted by molar-refractivity contribution is 0.602. The number of rotatable bonds is 4. The minimum atomic E-state index is -3.35. The molecule has 3 aromatic carbocycles. The van der Waals surface area contributed by atoms with E-state index in [9.17, 15) is 17.6 Å². The molecular weight excluding hydrogens is 483 g/mol. The van der Waals surface area contributed by atoms with Crippen LogP contribution in [-0.4, -0.2) is 24.5 Å². The summed E-state index contributed by atoms with van der Waals surface area (Å²) in [4.78, 5) is 13.7. The molecule has 0 radical (unpaired) electrons. The van der Waals surface area contributed by atoms with Crippen LogP contribution in [0.25, 0.3) is 27.9 Å². The monoisotopic (exact) mass is 498 g/mol. The molecule has 4 aromatic rings. The van der Waals surface area contributed by atoms with Crippen molar-refractivity contribution in [2.45, 2.75) is 4.90 Å². The summed E-state index contributed by atoms with van der Waals surface area (Å²) in [6.45, 7) is 0. The Labute approximate surface area is 186 Å². The van der Waals surface area contributed by atoms with E-state index >= 15 is 0 Å². The Kier molecular flexibility index (Phi) is 5.60. The van der Waals surface area contributed by atoms with Crippen LogP contribution in [0, 0.1) is 5.82 Å². The number of benzene rings is 3. The van der Waals surface area contributed by atoms with Crippen LogP contribution in [0.1, 0.15) is 0 Å². The second-order valence-corrected chi connectivity index (χ2v) is 9.78. The Bertz CT molecular complexity index is 1430. The molecule has 0 aliphatic rings. The van der Waals surface area contributed by atoms with Crippen molar-refractivity contribution < 1.29 is 12.8 Å².